The number of halogens is 1. The van der Waals surface area contributed by atoms with Crippen LogP contribution in [0.2, 0.25) is 5.02 Å². The number of carboxylic acids is 1. The lowest BCUT2D eigenvalue weighted by atomic mass is 10.1. The maximum atomic E-state index is 11.5. The number of aromatic carboxylic acids is 1. The molecule has 0 unspecified atom stereocenters. The van der Waals surface area contributed by atoms with Crippen molar-refractivity contribution < 1.29 is 9.90 Å². The fraction of sp³-hybridized carbons (Fsp3) is 0.0833. The van der Waals surface area contributed by atoms with Gasteiger partial charge in [-0.25, -0.2) is 9.59 Å². The van der Waals surface area contributed by atoms with Crippen molar-refractivity contribution in [1.82, 2.24) is 9.55 Å². The fourth-order valence-electron chi connectivity index (χ4n) is 1.53. The van der Waals surface area contributed by atoms with Crippen LogP contribution in [0, 0.1) is 0 Å². The Morgan fingerprint density at radius 2 is 1.94 bits per heavy atom. The van der Waals surface area contributed by atoms with Crippen LogP contribution in [-0.2, 0) is 7.05 Å². The third-order valence-electron chi connectivity index (χ3n) is 2.44. The molecule has 1 N–H and O–H groups in total. The second kappa shape index (κ2) is 4.62. The molecule has 0 atom stereocenters. The Morgan fingerprint density at radius 3 is 2.50 bits per heavy atom. The minimum atomic E-state index is -1.14. The van der Waals surface area contributed by atoms with E-state index in [9.17, 15) is 9.59 Å². The molecular weight excluding hydrogens is 256 g/mol. The van der Waals surface area contributed by atoms with Crippen LogP contribution in [0.3, 0.4) is 0 Å². The SMILES string of the molecule is Cn1cc(C(=O)O)c(-c2ccc(Cl)cc2)nc1=O. The number of hydrogen-bond donors (Lipinski definition) is 1. The van der Waals surface area contributed by atoms with Crippen molar-refractivity contribution in [3.05, 3.63) is 51.5 Å². The summed E-state index contributed by atoms with van der Waals surface area (Å²) in [5.74, 6) is -1.14. The summed E-state index contributed by atoms with van der Waals surface area (Å²) in [6.45, 7) is 0. The van der Waals surface area contributed by atoms with E-state index in [4.69, 9.17) is 16.7 Å². The van der Waals surface area contributed by atoms with E-state index in [0.29, 0.717) is 10.6 Å². The van der Waals surface area contributed by atoms with Gasteiger partial charge in [0.2, 0.25) is 0 Å². The second-order valence-electron chi connectivity index (χ2n) is 3.71. The van der Waals surface area contributed by atoms with Crippen LogP contribution in [-0.4, -0.2) is 20.6 Å². The van der Waals surface area contributed by atoms with Gasteiger partial charge < -0.3 is 9.67 Å². The Hall–Kier alpha value is -2.14. The third-order valence-corrected chi connectivity index (χ3v) is 2.69. The number of hydrogen-bond acceptors (Lipinski definition) is 3. The first-order valence-electron chi connectivity index (χ1n) is 5.06. The van der Waals surface area contributed by atoms with Gasteiger partial charge in [-0.2, -0.15) is 4.98 Å². The normalized spacial score (nSPS) is 10.3. The molecule has 92 valence electrons. The predicted octanol–water partition coefficient (Wildman–Crippen LogP) is 1.80. The molecule has 2 rings (SSSR count). The lowest BCUT2D eigenvalue weighted by Gasteiger charge is -2.06. The Morgan fingerprint density at radius 1 is 1.33 bits per heavy atom. The van der Waals surface area contributed by atoms with Gasteiger partial charge in [-0.05, 0) is 12.1 Å². The van der Waals surface area contributed by atoms with Gasteiger partial charge in [0, 0.05) is 23.8 Å². The van der Waals surface area contributed by atoms with Crippen molar-refractivity contribution in [2.24, 2.45) is 7.05 Å². The van der Waals surface area contributed by atoms with E-state index in [2.05, 4.69) is 4.98 Å². The molecule has 1 aromatic carbocycles. The van der Waals surface area contributed by atoms with E-state index in [1.54, 1.807) is 24.3 Å². The molecule has 0 aliphatic carbocycles. The molecule has 0 fully saturated rings. The third kappa shape index (κ3) is 2.26. The first-order chi connectivity index (χ1) is 8.49. The standard InChI is InChI=1S/C12H9ClN2O3/c1-15-6-9(11(16)17)10(14-12(15)18)7-2-4-8(13)5-3-7/h2-6H,1H3,(H,16,17). The van der Waals surface area contributed by atoms with Gasteiger partial charge in [-0.15, -0.1) is 0 Å². The minimum absolute atomic E-state index is 0.0283. The monoisotopic (exact) mass is 264 g/mol. The zero-order valence-corrected chi connectivity index (χ0v) is 10.2. The summed E-state index contributed by atoms with van der Waals surface area (Å²) in [4.78, 5) is 26.4. The average molecular weight is 265 g/mol. The number of aryl methyl sites for hydroxylation is 1. The number of rotatable bonds is 2. The average Bonchev–Trinajstić information content (AvgIpc) is 2.33. The highest BCUT2D eigenvalue weighted by atomic mass is 35.5. The molecule has 6 heteroatoms. The lowest BCUT2D eigenvalue weighted by Crippen LogP contribution is -2.22. The van der Waals surface area contributed by atoms with Crippen LogP contribution in [0.4, 0.5) is 0 Å². The van der Waals surface area contributed by atoms with E-state index in [1.807, 2.05) is 0 Å². The molecule has 0 aliphatic rings. The molecular formula is C12H9ClN2O3. The number of aromatic nitrogens is 2. The van der Waals surface area contributed by atoms with Crippen molar-refractivity contribution in [1.29, 1.82) is 0 Å². The Kier molecular flexibility index (Phi) is 3.16. The number of nitrogens with zero attached hydrogens (tertiary/aromatic N) is 2. The molecule has 1 aromatic heterocycles. The van der Waals surface area contributed by atoms with Gasteiger partial charge in [0.05, 0.1) is 5.69 Å². The van der Waals surface area contributed by atoms with Crippen molar-refractivity contribution in [3.63, 3.8) is 0 Å². The van der Waals surface area contributed by atoms with E-state index < -0.39 is 11.7 Å². The summed E-state index contributed by atoms with van der Waals surface area (Å²) < 4.78 is 1.13. The summed E-state index contributed by atoms with van der Waals surface area (Å²) >= 11 is 5.76. The van der Waals surface area contributed by atoms with Crippen LogP contribution < -0.4 is 5.69 Å². The molecule has 18 heavy (non-hydrogen) atoms. The van der Waals surface area contributed by atoms with E-state index in [1.165, 1.54) is 13.2 Å². The molecule has 2 aromatic rings. The largest absolute Gasteiger partial charge is 0.478 e. The van der Waals surface area contributed by atoms with Crippen LogP contribution in [0.25, 0.3) is 11.3 Å². The molecule has 0 amide bonds. The highest BCUT2D eigenvalue weighted by molar-refractivity contribution is 6.30. The minimum Gasteiger partial charge on any atom is -0.478 e. The molecule has 0 aliphatic heterocycles. The van der Waals surface area contributed by atoms with Crippen molar-refractivity contribution >= 4 is 17.6 Å². The smallest absolute Gasteiger partial charge is 0.347 e. The van der Waals surface area contributed by atoms with E-state index >= 15 is 0 Å². The van der Waals surface area contributed by atoms with Crippen LogP contribution in [0.5, 0.6) is 0 Å². The number of carboxylic acid groups (broad SMARTS) is 1. The van der Waals surface area contributed by atoms with Crippen LogP contribution in [0.1, 0.15) is 10.4 Å². The Bertz CT molecular complexity index is 662. The fourth-order valence-corrected chi connectivity index (χ4v) is 1.66. The van der Waals surface area contributed by atoms with Crippen molar-refractivity contribution in [2.75, 3.05) is 0 Å². The molecule has 0 radical (unpaired) electrons. The Balaban J connectivity index is 2.69. The summed E-state index contributed by atoms with van der Waals surface area (Å²) in [5, 5.41) is 9.64. The summed E-state index contributed by atoms with van der Waals surface area (Å²) in [5.41, 5.74) is 0.140. The highest BCUT2D eigenvalue weighted by Crippen LogP contribution is 2.22. The van der Waals surface area contributed by atoms with Gasteiger partial charge >= 0.3 is 11.7 Å². The second-order valence-corrected chi connectivity index (χ2v) is 4.15. The molecule has 0 saturated carbocycles. The zero-order chi connectivity index (χ0) is 13.3. The van der Waals surface area contributed by atoms with Gasteiger partial charge in [-0.1, -0.05) is 23.7 Å². The van der Waals surface area contributed by atoms with Gasteiger partial charge in [0.25, 0.3) is 0 Å². The maximum absolute atomic E-state index is 11.5. The molecule has 0 saturated heterocycles. The molecule has 1 heterocycles. The van der Waals surface area contributed by atoms with Gasteiger partial charge in [0.15, 0.2) is 0 Å². The quantitative estimate of drug-likeness (QED) is 0.898. The van der Waals surface area contributed by atoms with Crippen molar-refractivity contribution in [3.8, 4) is 11.3 Å². The zero-order valence-electron chi connectivity index (χ0n) is 9.42. The van der Waals surface area contributed by atoms with E-state index in [0.717, 1.165) is 4.57 Å². The molecule has 0 spiro atoms. The summed E-state index contributed by atoms with van der Waals surface area (Å²) in [6.07, 6.45) is 1.25. The lowest BCUT2D eigenvalue weighted by molar-refractivity contribution is 0.0696. The summed E-state index contributed by atoms with van der Waals surface area (Å²) in [7, 11) is 1.45. The van der Waals surface area contributed by atoms with Crippen LogP contribution >= 0.6 is 11.6 Å². The maximum Gasteiger partial charge on any atom is 0.347 e. The highest BCUT2D eigenvalue weighted by Gasteiger charge is 2.15. The van der Waals surface area contributed by atoms with Gasteiger partial charge in [-0.3, -0.25) is 0 Å². The molecule has 0 bridgehead atoms. The number of carbonyl (C=O) groups is 1. The van der Waals surface area contributed by atoms with Crippen LogP contribution in [0.15, 0.2) is 35.3 Å². The topological polar surface area (TPSA) is 72.2 Å². The first-order valence-corrected chi connectivity index (χ1v) is 5.44. The van der Waals surface area contributed by atoms with Gasteiger partial charge in [0.1, 0.15) is 5.56 Å². The first kappa shape index (κ1) is 12.3. The Labute approximate surface area is 107 Å². The summed E-state index contributed by atoms with van der Waals surface area (Å²) in [6, 6.07) is 6.47. The number of benzene rings is 1. The predicted molar refractivity (Wildman–Crippen MR) is 66.9 cm³/mol. The van der Waals surface area contributed by atoms with E-state index in [-0.39, 0.29) is 11.3 Å². The van der Waals surface area contributed by atoms with Crippen molar-refractivity contribution in [2.45, 2.75) is 0 Å². The molecule has 5 nitrogen and oxygen atoms in total.